The van der Waals surface area contributed by atoms with Crippen molar-refractivity contribution in [2.75, 3.05) is 5.32 Å². The molecule has 25 heavy (non-hydrogen) atoms. The first-order valence-electron chi connectivity index (χ1n) is 9.54. The lowest BCUT2D eigenvalue weighted by atomic mass is 9.62. The van der Waals surface area contributed by atoms with Crippen LogP contribution in [-0.2, 0) is 0 Å². The van der Waals surface area contributed by atoms with Crippen molar-refractivity contribution in [3.63, 3.8) is 0 Å². The van der Waals surface area contributed by atoms with Gasteiger partial charge in [0.1, 0.15) is 0 Å². The van der Waals surface area contributed by atoms with Crippen molar-refractivity contribution in [2.45, 2.75) is 39.3 Å². The number of aliphatic hydroxyl groups excluding tert-OH is 1. The Morgan fingerprint density at radius 2 is 1.60 bits per heavy atom. The van der Waals surface area contributed by atoms with Gasteiger partial charge in [-0.15, -0.1) is 0 Å². The van der Waals surface area contributed by atoms with E-state index in [1.807, 2.05) is 6.07 Å². The van der Waals surface area contributed by atoms with Crippen LogP contribution >= 0.6 is 0 Å². The van der Waals surface area contributed by atoms with Crippen LogP contribution in [0.4, 0.5) is 5.69 Å². The van der Waals surface area contributed by atoms with Crippen LogP contribution in [0.5, 0.6) is 0 Å². The number of aliphatic hydroxyl groups is 1. The Morgan fingerprint density at radius 1 is 1.00 bits per heavy atom. The van der Waals surface area contributed by atoms with Gasteiger partial charge >= 0.3 is 0 Å². The lowest BCUT2D eigenvalue weighted by Crippen LogP contribution is -2.46. The summed E-state index contributed by atoms with van der Waals surface area (Å²) in [5.41, 5.74) is 2.67. The lowest BCUT2D eigenvalue weighted by molar-refractivity contribution is -0.0332. The number of hydrogen-bond acceptors (Lipinski definition) is 2. The predicted octanol–water partition coefficient (Wildman–Crippen LogP) is 5.13. The van der Waals surface area contributed by atoms with E-state index in [0.29, 0.717) is 17.8 Å². The highest BCUT2D eigenvalue weighted by Gasteiger charge is 2.61. The maximum atomic E-state index is 11.2. The molecule has 2 nitrogen and oxygen atoms in total. The summed E-state index contributed by atoms with van der Waals surface area (Å²) in [5, 5.41) is 14.9. The van der Waals surface area contributed by atoms with E-state index in [2.05, 4.69) is 80.7 Å². The van der Waals surface area contributed by atoms with E-state index in [9.17, 15) is 5.11 Å². The molecule has 2 saturated carbocycles. The quantitative estimate of drug-likeness (QED) is 0.812. The topological polar surface area (TPSA) is 32.3 Å². The zero-order chi connectivity index (χ0) is 17.6. The van der Waals surface area contributed by atoms with Crippen LogP contribution in [0.25, 0.3) is 0 Å². The fourth-order valence-electron chi connectivity index (χ4n) is 5.51. The van der Waals surface area contributed by atoms with Crippen LogP contribution < -0.4 is 5.32 Å². The van der Waals surface area contributed by atoms with Crippen molar-refractivity contribution in [2.24, 2.45) is 29.1 Å². The normalized spacial score (nSPS) is 34.0. The molecule has 2 heteroatoms. The molecule has 0 aromatic heterocycles. The number of rotatable bonds is 4. The Morgan fingerprint density at radius 3 is 2.20 bits per heavy atom. The minimum Gasteiger partial charge on any atom is -0.392 e. The number of fused-ring (bicyclic) bond motifs is 2. The van der Waals surface area contributed by atoms with Crippen molar-refractivity contribution in [1.82, 2.24) is 0 Å². The number of benzene rings is 2. The van der Waals surface area contributed by atoms with Crippen LogP contribution in [0, 0.1) is 29.1 Å². The standard InChI is InChI=1S/C23H29NO/c1-15-18-14-19(23(15,2)3)20(22(18)25)21(16-10-6-4-7-11-16)24-17-12-8-5-9-13-17/h4-13,15,18-22,24-25H,14H2,1-3H3/t15-,18-,19-,20+,21+,22+/m0/s1. The highest BCUT2D eigenvalue weighted by Crippen LogP contribution is 2.64. The summed E-state index contributed by atoms with van der Waals surface area (Å²) in [5.74, 6) is 1.80. The summed E-state index contributed by atoms with van der Waals surface area (Å²) in [7, 11) is 0. The summed E-state index contributed by atoms with van der Waals surface area (Å²) >= 11 is 0. The van der Waals surface area contributed by atoms with Crippen molar-refractivity contribution in [1.29, 1.82) is 0 Å². The Balaban J connectivity index is 1.71. The van der Waals surface area contributed by atoms with E-state index in [4.69, 9.17) is 0 Å². The average molecular weight is 335 g/mol. The van der Waals surface area contributed by atoms with Gasteiger partial charge in [0.05, 0.1) is 12.1 Å². The fraction of sp³-hybridized carbons (Fsp3) is 0.478. The molecule has 0 heterocycles. The summed E-state index contributed by atoms with van der Waals surface area (Å²) in [4.78, 5) is 0. The van der Waals surface area contributed by atoms with E-state index in [1.165, 1.54) is 5.56 Å². The van der Waals surface area contributed by atoms with Gasteiger partial charge < -0.3 is 10.4 Å². The Kier molecular flexibility index (Phi) is 4.11. The second kappa shape index (κ2) is 6.17. The van der Waals surface area contributed by atoms with Crippen molar-refractivity contribution < 1.29 is 5.11 Å². The molecule has 6 atom stereocenters. The van der Waals surface area contributed by atoms with Gasteiger partial charge in [0, 0.05) is 11.6 Å². The average Bonchev–Trinajstić information content (AvgIpc) is 3.08. The molecule has 2 N–H and O–H groups in total. The van der Waals surface area contributed by atoms with Crippen molar-refractivity contribution >= 4 is 5.69 Å². The molecule has 2 fully saturated rings. The molecule has 0 saturated heterocycles. The molecule has 0 unspecified atom stereocenters. The molecule has 2 aromatic carbocycles. The van der Waals surface area contributed by atoms with Crippen LogP contribution in [0.15, 0.2) is 60.7 Å². The maximum absolute atomic E-state index is 11.2. The third kappa shape index (κ3) is 2.67. The van der Waals surface area contributed by atoms with Gasteiger partial charge in [-0.05, 0) is 47.3 Å². The second-order valence-corrected chi connectivity index (χ2v) is 8.58. The van der Waals surface area contributed by atoms with Gasteiger partial charge in [-0.2, -0.15) is 0 Å². The van der Waals surface area contributed by atoms with Gasteiger partial charge in [-0.1, -0.05) is 69.3 Å². The SMILES string of the molecule is C[C@H]1[C@@H]2C[C@@H]([C@H]([C@H](Nc3ccccc3)c3ccccc3)[C@@H]2O)C1(C)C. The summed E-state index contributed by atoms with van der Waals surface area (Å²) in [6.07, 6.45) is 0.925. The van der Waals surface area contributed by atoms with E-state index in [1.54, 1.807) is 0 Å². The minimum absolute atomic E-state index is 0.139. The third-order valence-electron chi connectivity index (χ3n) is 7.23. The van der Waals surface area contributed by atoms with Crippen molar-refractivity contribution in [3.8, 4) is 0 Å². The monoisotopic (exact) mass is 335 g/mol. The lowest BCUT2D eigenvalue weighted by Gasteiger charge is -2.46. The summed E-state index contributed by atoms with van der Waals surface area (Å²) in [6.45, 7) is 7.11. The molecule has 2 aliphatic rings. The van der Waals surface area contributed by atoms with Crippen LogP contribution in [0.2, 0.25) is 0 Å². The van der Waals surface area contributed by atoms with E-state index in [-0.39, 0.29) is 23.5 Å². The molecule has 4 rings (SSSR count). The Labute approximate surface area is 151 Å². The molecule has 132 valence electrons. The molecular formula is C23H29NO. The molecule has 2 aromatic rings. The zero-order valence-corrected chi connectivity index (χ0v) is 15.4. The van der Waals surface area contributed by atoms with Gasteiger partial charge in [-0.25, -0.2) is 0 Å². The number of nitrogens with one attached hydrogen (secondary N) is 1. The van der Waals surface area contributed by atoms with Crippen molar-refractivity contribution in [3.05, 3.63) is 66.2 Å². The number of para-hydroxylation sites is 1. The molecule has 2 bridgehead atoms. The first kappa shape index (κ1) is 16.7. The number of hydrogen-bond donors (Lipinski definition) is 2. The summed E-state index contributed by atoms with van der Waals surface area (Å²) < 4.78 is 0. The van der Waals surface area contributed by atoms with E-state index < -0.39 is 0 Å². The van der Waals surface area contributed by atoms with Crippen LogP contribution in [-0.4, -0.2) is 11.2 Å². The first-order chi connectivity index (χ1) is 12.0. The van der Waals surface area contributed by atoms with Crippen LogP contribution in [0.3, 0.4) is 0 Å². The summed E-state index contributed by atoms with van der Waals surface area (Å²) in [6, 6.07) is 21.2. The van der Waals surface area contributed by atoms with Gasteiger partial charge in [0.25, 0.3) is 0 Å². The van der Waals surface area contributed by atoms with E-state index in [0.717, 1.165) is 12.1 Å². The van der Waals surface area contributed by atoms with Crippen LogP contribution in [0.1, 0.15) is 38.8 Å². The van der Waals surface area contributed by atoms with Gasteiger partial charge in [0.15, 0.2) is 0 Å². The molecule has 0 radical (unpaired) electrons. The predicted molar refractivity (Wildman–Crippen MR) is 103 cm³/mol. The highest BCUT2D eigenvalue weighted by molar-refractivity contribution is 5.46. The zero-order valence-electron chi connectivity index (χ0n) is 15.4. The molecule has 0 spiro atoms. The molecule has 0 aliphatic heterocycles. The Bertz CT molecular complexity index is 711. The maximum Gasteiger partial charge on any atom is 0.0625 e. The first-order valence-corrected chi connectivity index (χ1v) is 9.54. The second-order valence-electron chi connectivity index (χ2n) is 8.58. The van der Waals surface area contributed by atoms with Gasteiger partial charge in [0.2, 0.25) is 0 Å². The molecular weight excluding hydrogens is 306 g/mol. The smallest absolute Gasteiger partial charge is 0.0625 e. The highest BCUT2D eigenvalue weighted by atomic mass is 16.3. The molecule has 0 amide bonds. The third-order valence-corrected chi connectivity index (χ3v) is 7.23. The van der Waals surface area contributed by atoms with E-state index >= 15 is 0 Å². The van der Waals surface area contributed by atoms with Gasteiger partial charge in [-0.3, -0.25) is 0 Å². The Hall–Kier alpha value is -1.80. The molecule has 2 aliphatic carbocycles. The fourth-order valence-corrected chi connectivity index (χ4v) is 5.51. The number of anilines is 1. The minimum atomic E-state index is -0.227. The largest absolute Gasteiger partial charge is 0.392 e.